The van der Waals surface area contributed by atoms with E-state index < -0.39 is 8.07 Å². The maximum Gasteiger partial charge on any atom is 0.109 e. The fourth-order valence-corrected chi connectivity index (χ4v) is 6.15. The van der Waals surface area contributed by atoms with Crippen molar-refractivity contribution in [1.82, 2.24) is 9.78 Å². The lowest BCUT2D eigenvalue weighted by molar-refractivity contribution is 0.785. The van der Waals surface area contributed by atoms with Crippen LogP contribution in [0.4, 0.5) is 0 Å². The molecule has 1 heterocycles. The van der Waals surface area contributed by atoms with Gasteiger partial charge >= 0.3 is 0 Å². The summed E-state index contributed by atoms with van der Waals surface area (Å²) in [5, 5.41) is 5.59. The third kappa shape index (κ3) is 2.11. The van der Waals surface area contributed by atoms with Crippen LogP contribution in [-0.4, -0.2) is 17.9 Å². The van der Waals surface area contributed by atoms with Crippen molar-refractivity contribution in [3.8, 4) is 0 Å². The molecule has 1 aromatic heterocycles. The second-order valence-corrected chi connectivity index (χ2v) is 9.35. The number of hydrogen-bond acceptors (Lipinski definition) is 1. The Morgan fingerprint density at radius 1 is 1.69 bits per heavy atom. The van der Waals surface area contributed by atoms with Crippen molar-refractivity contribution >= 4 is 29.3 Å². The summed E-state index contributed by atoms with van der Waals surface area (Å²) in [6.45, 7) is 8.46. The van der Waals surface area contributed by atoms with Crippen LogP contribution in [0.3, 0.4) is 0 Å². The molecule has 0 spiro atoms. The Morgan fingerprint density at radius 3 is 2.69 bits per heavy atom. The average Bonchev–Trinajstić information content (AvgIpc) is 2.31. The minimum atomic E-state index is -1.38. The van der Waals surface area contributed by atoms with Crippen LogP contribution in [0.1, 0.15) is 0 Å². The Labute approximate surface area is 88.8 Å². The second-order valence-electron chi connectivity index (χ2n) is 3.84. The van der Waals surface area contributed by atoms with E-state index in [-0.39, 0.29) is 0 Å². The molecule has 72 valence electrons. The van der Waals surface area contributed by atoms with E-state index in [0.29, 0.717) is 0 Å². The van der Waals surface area contributed by atoms with Gasteiger partial charge in [0.1, 0.15) is 8.07 Å². The molecule has 0 amide bonds. The smallest absolute Gasteiger partial charge is 0.109 e. The van der Waals surface area contributed by atoms with Gasteiger partial charge in [-0.1, -0.05) is 19.2 Å². The number of rotatable bonds is 3. The summed E-state index contributed by atoms with van der Waals surface area (Å²) < 4.78 is 3.10. The van der Waals surface area contributed by atoms with Crippen molar-refractivity contribution in [2.45, 2.75) is 19.1 Å². The molecule has 0 saturated heterocycles. The SMILES string of the molecule is C=CC[Si](C)(C)c1c(Br)cnn1C. The highest BCUT2D eigenvalue weighted by Crippen LogP contribution is 2.15. The molecule has 0 N–H and O–H groups in total. The average molecular weight is 259 g/mol. The van der Waals surface area contributed by atoms with Gasteiger partial charge in [0.25, 0.3) is 0 Å². The Morgan fingerprint density at radius 2 is 2.31 bits per heavy atom. The number of aromatic nitrogens is 2. The molecule has 0 fully saturated rings. The van der Waals surface area contributed by atoms with Gasteiger partial charge in [-0.25, -0.2) is 0 Å². The minimum Gasteiger partial charge on any atom is -0.276 e. The lowest BCUT2D eigenvalue weighted by atomic mass is 10.7. The summed E-state index contributed by atoms with van der Waals surface area (Å²) in [7, 11) is 0.617. The zero-order valence-corrected chi connectivity index (χ0v) is 10.9. The van der Waals surface area contributed by atoms with Crippen LogP contribution in [0, 0.1) is 0 Å². The summed E-state index contributed by atoms with van der Waals surface area (Å²) in [5.74, 6) is 0. The number of hydrogen-bond donors (Lipinski definition) is 0. The molecule has 0 aromatic carbocycles. The molecule has 4 heteroatoms. The van der Waals surface area contributed by atoms with E-state index in [1.165, 1.54) is 5.32 Å². The van der Waals surface area contributed by atoms with Crippen molar-refractivity contribution < 1.29 is 0 Å². The zero-order valence-electron chi connectivity index (χ0n) is 8.34. The first-order valence-electron chi connectivity index (χ1n) is 4.28. The molecule has 13 heavy (non-hydrogen) atoms. The minimum absolute atomic E-state index is 1.09. The summed E-state index contributed by atoms with van der Waals surface area (Å²) in [6, 6.07) is 1.09. The van der Waals surface area contributed by atoms with Gasteiger partial charge in [-0.3, -0.25) is 4.68 Å². The molecule has 1 aromatic rings. The largest absolute Gasteiger partial charge is 0.276 e. The van der Waals surface area contributed by atoms with E-state index in [2.05, 4.69) is 40.7 Å². The molecule has 1 rings (SSSR count). The van der Waals surface area contributed by atoms with Crippen LogP contribution in [0.25, 0.3) is 0 Å². The molecular weight excluding hydrogens is 244 g/mol. The summed E-state index contributed by atoms with van der Waals surface area (Å²) in [6.07, 6.45) is 3.87. The predicted octanol–water partition coefficient (Wildman–Crippen LogP) is 2.28. The standard InChI is InChI=1S/C9H15BrN2Si/c1-5-6-13(3,4)9-8(10)7-11-12(9)2/h5,7H,1,6H2,2-4H3. The Hall–Kier alpha value is -0.353. The predicted molar refractivity (Wildman–Crippen MR) is 63.0 cm³/mol. The summed E-state index contributed by atoms with van der Waals surface area (Å²) in [4.78, 5) is 0. The third-order valence-electron chi connectivity index (χ3n) is 2.19. The van der Waals surface area contributed by atoms with Crippen LogP contribution in [-0.2, 0) is 7.05 Å². The van der Waals surface area contributed by atoms with E-state index in [1.54, 1.807) is 0 Å². The number of halogens is 1. The first kappa shape index (κ1) is 10.7. The van der Waals surface area contributed by atoms with Crippen molar-refractivity contribution in [1.29, 1.82) is 0 Å². The lowest BCUT2D eigenvalue weighted by Crippen LogP contribution is -2.45. The van der Waals surface area contributed by atoms with Crippen molar-refractivity contribution in [3.63, 3.8) is 0 Å². The highest BCUT2D eigenvalue weighted by Gasteiger charge is 2.27. The Bertz CT molecular complexity index is 298. The summed E-state index contributed by atoms with van der Waals surface area (Å²) >= 11 is 3.54. The molecule has 2 nitrogen and oxygen atoms in total. The van der Waals surface area contributed by atoms with Crippen LogP contribution < -0.4 is 5.32 Å². The van der Waals surface area contributed by atoms with Crippen LogP contribution in [0.2, 0.25) is 19.1 Å². The van der Waals surface area contributed by atoms with Gasteiger partial charge in [0.15, 0.2) is 0 Å². The molecule has 0 atom stereocenters. The van der Waals surface area contributed by atoms with E-state index in [1.807, 2.05) is 24.0 Å². The van der Waals surface area contributed by atoms with Crippen molar-refractivity contribution in [2.75, 3.05) is 0 Å². The van der Waals surface area contributed by atoms with E-state index >= 15 is 0 Å². The molecule has 0 aliphatic heterocycles. The van der Waals surface area contributed by atoms with Gasteiger partial charge in [0.05, 0.1) is 10.7 Å². The van der Waals surface area contributed by atoms with Gasteiger partial charge in [0.2, 0.25) is 0 Å². The fourth-order valence-electron chi connectivity index (χ4n) is 1.63. The highest BCUT2D eigenvalue weighted by molar-refractivity contribution is 9.10. The number of nitrogens with zero attached hydrogens (tertiary/aromatic N) is 2. The second kappa shape index (κ2) is 3.80. The molecule has 0 bridgehead atoms. The first-order chi connectivity index (χ1) is 5.99. The molecule has 0 unspecified atom stereocenters. The molecular formula is C9H15BrN2Si. The first-order valence-corrected chi connectivity index (χ1v) is 8.28. The molecule has 0 radical (unpaired) electrons. The molecule has 0 aliphatic rings. The van der Waals surface area contributed by atoms with Gasteiger partial charge < -0.3 is 0 Å². The van der Waals surface area contributed by atoms with E-state index in [4.69, 9.17) is 0 Å². The normalized spacial score (nSPS) is 11.7. The number of allylic oxidation sites excluding steroid dienone is 1. The van der Waals surface area contributed by atoms with Crippen LogP contribution >= 0.6 is 15.9 Å². The zero-order chi connectivity index (χ0) is 10.1. The Balaban J connectivity index is 3.11. The Kier molecular flexibility index (Phi) is 3.13. The van der Waals surface area contributed by atoms with Gasteiger partial charge in [-0.2, -0.15) is 5.10 Å². The van der Waals surface area contributed by atoms with Gasteiger partial charge in [-0.05, 0) is 22.0 Å². The quantitative estimate of drug-likeness (QED) is 0.601. The monoisotopic (exact) mass is 258 g/mol. The van der Waals surface area contributed by atoms with E-state index in [0.717, 1.165) is 10.5 Å². The maximum atomic E-state index is 4.23. The maximum absolute atomic E-state index is 4.23. The summed E-state index contributed by atoms with van der Waals surface area (Å²) in [5.41, 5.74) is 0. The van der Waals surface area contributed by atoms with Gasteiger partial charge in [0, 0.05) is 12.4 Å². The topological polar surface area (TPSA) is 17.8 Å². The number of aryl methyl sites for hydroxylation is 1. The highest BCUT2D eigenvalue weighted by atomic mass is 79.9. The molecule has 0 aliphatic carbocycles. The van der Waals surface area contributed by atoms with Crippen molar-refractivity contribution in [3.05, 3.63) is 23.3 Å². The van der Waals surface area contributed by atoms with Gasteiger partial charge in [-0.15, -0.1) is 6.58 Å². The van der Waals surface area contributed by atoms with E-state index in [9.17, 15) is 0 Å². The lowest BCUT2D eigenvalue weighted by Gasteiger charge is -2.21. The third-order valence-corrected chi connectivity index (χ3v) is 6.32. The van der Waals surface area contributed by atoms with Crippen LogP contribution in [0.15, 0.2) is 23.3 Å². The van der Waals surface area contributed by atoms with Crippen molar-refractivity contribution in [2.24, 2.45) is 7.05 Å². The molecule has 0 saturated carbocycles. The fraction of sp³-hybridized carbons (Fsp3) is 0.444. The van der Waals surface area contributed by atoms with Crippen LogP contribution in [0.5, 0.6) is 0 Å².